The van der Waals surface area contributed by atoms with Gasteiger partial charge in [-0.25, -0.2) is 0 Å². The van der Waals surface area contributed by atoms with Crippen LogP contribution in [0.15, 0.2) is 60.7 Å². The third kappa shape index (κ3) is 6.51. The molecule has 7 rings (SSSR count). The van der Waals surface area contributed by atoms with Crippen molar-refractivity contribution in [2.75, 3.05) is 35.5 Å². The molecule has 0 fully saturated rings. The fraction of sp³-hybridized carbons (Fsp3) is 0.341. The highest BCUT2D eigenvalue weighted by Crippen LogP contribution is 2.63. The molecular weight excluding hydrogens is 716 g/mol. The molecule has 0 saturated carbocycles. The quantitative estimate of drug-likeness (QED) is 0.127. The first-order valence-corrected chi connectivity index (χ1v) is 17.3. The smallest absolute Gasteiger partial charge is 0.303 e. The molecule has 0 radical (unpaired) electrons. The number of ether oxygens (including phenoxy) is 11. The SMILES string of the molecule is COc1ccc([C@H]2Oc3c(cc4c(c3OC)O[C@H]3c5c-4cc(OC)c(OC)c5O[C@H](c4ccc(OC)cc4)[C@H]3OC(C)=O)[C@@H](OC(C)=O)[C@H]2OC(C)=O)cc1. The molecule has 0 bridgehead atoms. The second-order valence-electron chi connectivity index (χ2n) is 12.9. The molecule has 3 aliphatic heterocycles. The van der Waals surface area contributed by atoms with Crippen molar-refractivity contribution in [1.29, 1.82) is 0 Å². The van der Waals surface area contributed by atoms with Gasteiger partial charge in [-0.2, -0.15) is 0 Å². The number of hydrogen-bond donors (Lipinski definition) is 0. The Bertz CT molecular complexity index is 2130. The molecule has 0 N–H and O–H groups in total. The minimum Gasteiger partial charge on any atom is -0.497 e. The number of rotatable bonds is 10. The topological polar surface area (TPSA) is 153 Å². The van der Waals surface area contributed by atoms with E-state index < -0.39 is 54.5 Å². The molecule has 0 aliphatic carbocycles. The van der Waals surface area contributed by atoms with Crippen LogP contribution in [0.2, 0.25) is 0 Å². The van der Waals surface area contributed by atoms with Crippen LogP contribution in [0.3, 0.4) is 0 Å². The third-order valence-electron chi connectivity index (χ3n) is 9.68. The maximum absolute atomic E-state index is 12.8. The van der Waals surface area contributed by atoms with Gasteiger partial charge in [0.1, 0.15) is 11.5 Å². The van der Waals surface area contributed by atoms with Crippen LogP contribution < -0.4 is 37.9 Å². The van der Waals surface area contributed by atoms with Gasteiger partial charge in [0.2, 0.25) is 11.5 Å². The number of fused-ring (bicyclic) bond motifs is 3. The van der Waals surface area contributed by atoms with Crippen LogP contribution in [-0.4, -0.2) is 65.7 Å². The number of esters is 3. The van der Waals surface area contributed by atoms with Gasteiger partial charge in [-0.05, 0) is 47.5 Å². The van der Waals surface area contributed by atoms with Crippen LogP contribution in [0.4, 0.5) is 0 Å². The van der Waals surface area contributed by atoms with Gasteiger partial charge in [-0.3, -0.25) is 14.4 Å². The normalized spacial score (nSPS) is 21.4. The first-order chi connectivity index (χ1) is 26.5. The van der Waals surface area contributed by atoms with E-state index >= 15 is 0 Å². The van der Waals surface area contributed by atoms with Crippen molar-refractivity contribution in [1.82, 2.24) is 0 Å². The molecule has 0 spiro atoms. The molecule has 55 heavy (non-hydrogen) atoms. The van der Waals surface area contributed by atoms with Gasteiger partial charge in [-0.15, -0.1) is 0 Å². The van der Waals surface area contributed by atoms with Crippen molar-refractivity contribution in [2.45, 2.75) is 57.4 Å². The lowest BCUT2D eigenvalue weighted by Gasteiger charge is -2.44. The van der Waals surface area contributed by atoms with Gasteiger partial charge < -0.3 is 52.1 Å². The van der Waals surface area contributed by atoms with Crippen molar-refractivity contribution in [2.24, 2.45) is 0 Å². The molecule has 288 valence electrons. The Labute approximate surface area is 317 Å². The Morgan fingerprint density at radius 3 is 1.53 bits per heavy atom. The fourth-order valence-electron chi connectivity index (χ4n) is 7.42. The number of benzene rings is 4. The van der Waals surface area contributed by atoms with Crippen LogP contribution in [0.1, 0.15) is 67.4 Å². The molecular formula is C41H40O14. The summed E-state index contributed by atoms with van der Waals surface area (Å²) in [6.07, 6.45) is -6.10. The molecule has 14 nitrogen and oxygen atoms in total. The molecule has 0 aromatic heterocycles. The molecule has 3 aliphatic rings. The van der Waals surface area contributed by atoms with Crippen LogP contribution in [-0.2, 0) is 28.6 Å². The summed E-state index contributed by atoms with van der Waals surface area (Å²) in [5.74, 6) is 0.936. The fourth-order valence-corrected chi connectivity index (χ4v) is 7.42. The third-order valence-corrected chi connectivity index (χ3v) is 9.68. The molecule has 4 aromatic rings. The minimum atomic E-state index is -1.16. The summed E-state index contributed by atoms with van der Waals surface area (Å²) in [5, 5.41) is 0. The van der Waals surface area contributed by atoms with E-state index in [1.165, 1.54) is 42.1 Å². The maximum atomic E-state index is 12.8. The lowest BCUT2D eigenvalue weighted by Crippen LogP contribution is -2.42. The zero-order valence-electron chi connectivity index (χ0n) is 31.5. The Hall–Kier alpha value is -6.31. The Kier molecular flexibility index (Phi) is 9.99. The summed E-state index contributed by atoms with van der Waals surface area (Å²) >= 11 is 0. The number of methoxy groups -OCH3 is 5. The molecule has 3 heterocycles. The number of hydrogen-bond acceptors (Lipinski definition) is 14. The highest BCUT2D eigenvalue weighted by atomic mass is 16.6. The monoisotopic (exact) mass is 756 g/mol. The summed E-state index contributed by atoms with van der Waals surface area (Å²) < 4.78 is 66.7. The lowest BCUT2D eigenvalue weighted by atomic mass is 9.82. The molecule has 14 heteroatoms. The molecule has 0 saturated heterocycles. The van der Waals surface area contributed by atoms with Gasteiger partial charge in [-0.1, -0.05) is 24.3 Å². The molecule has 6 atom stereocenters. The van der Waals surface area contributed by atoms with Gasteiger partial charge in [0.05, 0.1) is 41.1 Å². The first kappa shape index (κ1) is 37.0. The zero-order valence-corrected chi connectivity index (χ0v) is 31.5. The molecule has 0 unspecified atom stereocenters. The standard InChI is InChI=1S/C41H40O14/c1-19(42)50-35-28-17-27-26-18-29(47-6)36(48-7)37-30(26)38(41(52-21(3)44)32(54-37)23-11-15-25(46-5)16-12-23)55-33(27)39(49-8)34(28)53-31(40(35)51-20(2)43)22-9-13-24(45-4)14-10-22/h9-18,31-32,35,38,40-41H,1-8H3/t31-,32-,35-,38+,40+,41-/m1/s1. The van der Waals surface area contributed by atoms with E-state index in [2.05, 4.69) is 0 Å². The number of carbonyl (C=O) groups excluding carboxylic acids is 3. The average Bonchev–Trinajstić information content (AvgIpc) is 3.18. The molecule has 0 amide bonds. The average molecular weight is 757 g/mol. The second kappa shape index (κ2) is 14.8. The molecule has 4 aromatic carbocycles. The van der Waals surface area contributed by atoms with Gasteiger partial charge >= 0.3 is 17.9 Å². The predicted molar refractivity (Wildman–Crippen MR) is 193 cm³/mol. The van der Waals surface area contributed by atoms with E-state index in [0.29, 0.717) is 62.1 Å². The minimum absolute atomic E-state index is 0.153. The first-order valence-electron chi connectivity index (χ1n) is 17.3. The summed E-state index contributed by atoms with van der Waals surface area (Å²) in [6, 6.07) is 17.7. The van der Waals surface area contributed by atoms with Gasteiger partial charge in [0.15, 0.2) is 59.6 Å². The largest absolute Gasteiger partial charge is 0.497 e. The van der Waals surface area contributed by atoms with Crippen LogP contribution in [0.25, 0.3) is 11.1 Å². The van der Waals surface area contributed by atoms with Crippen molar-refractivity contribution in [3.63, 3.8) is 0 Å². The maximum Gasteiger partial charge on any atom is 0.303 e. The highest BCUT2D eigenvalue weighted by molar-refractivity contribution is 5.87. The van der Waals surface area contributed by atoms with Crippen molar-refractivity contribution in [3.05, 3.63) is 82.9 Å². The summed E-state index contributed by atoms with van der Waals surface area (Å²) in [6.45, 7) is 3.84. The van der Waals surface area contributed by atoms with E-state index in [1.54, 1.807) is 62.8 Å². The van der Waals surface area contributed by atoms with E-state index in [0.717, 1.165) is 0 Å². The Morgan fingerprint density at radius 2 is 1.02 bits per heavy atom. The second-order valence-corrected chi connectivity index (χ2v) is 12.9. The summed E-state index contributed by atoms with van der Waals surface area (Å²) in [7, 11) is 7.56. The predicted octanol–water partition coefficient (Wildman–Crippen LogP) is 6.57. The van der Waals surface area contributed by atoms with Crippen molar-refractivity contribution >= 4 is 17.9 Å². The van der Waals surface area contributed by atoms with E-state index in [-0.39, 0.29) is 17.2 Å². The van der Waals surface area contributed by atoms with Crippen molar-refractivity contribution < 1.29 is 66.5 Å². The van der Waals surface area contributed by atoms with Crippen LogP contribution in [0, 0.1) is 0 Å². The Balaban J connectivity index is 1.48. The van der Waals surface area contributed by atoms with E-state index in [4.69, 9.17) is 52.1 Å². The Morgan fingerprint density at radius 1 is 0.509 bits per heavy atom. The summed E-state index contributed by atoms with van der Waals surface area (Å²) in [4.78, 5) is 38.1. The van der Waals surface area contributed by atoms with Crippen molar-refractivity contribution in [3.8, 4) is 57.1 Å². The van der Waals surface area contributed by atoms with Crippen LogP contribution >= 0.6 is 0 Å². The zero-order chi connectivity index (χ0) is 39.1. The van der Waals surface area contributed by atoms with E-state index in [9.17, 15) is 14.4 Å². The lowest BCUT2D eigenvalue weighted by molar-refractivity contribution is -0.178. The van der Waals surface area contributed by atoms with E-state index in [1.807, 2.05) is 12.1 Å². The van der Waals surface area contributed by atoms with Crippen LogP contribution in [0.5, 0.6) is 46.0 Å². The summed E-state index contributed by atoms with van der Waals surface area (Å²) in [5.41, 5.74) is 3.16. The highest BCUT2D eigenvalue weighted by Gasteiger charge is 2.52. The van der Waals surface area contributed by atoms with Gasteiger partial charge in [0.25, 0.3) is 0 Å². The van der Waals surface area contributed by atoms with Gasteiger partial charge in [0, 0.05) is 37.5 Å². The number of carbonyl (C=O) groups is 3.